The van der Waals surface area contributed by atoms with Crippen molar-refractivity contribution in [2.45, 2.75) is 27.2 Å². The second-order valence-electron chi connectivity index (χ2n) is 5.31. The monoisotopic (exact) mass is 285 g/mol. The first-order chi connectivity index (χ1) is 8.84. The number of hydrogen-bond acceptors (Lipinski definition) is 3. The van der Waals surface area contributed by atoms with Crippen molar-refractivity contribution in [3.8, 4) is 0 Å². The van der Waals surface area contributed by atoms with Crippen molar-refractivity contribution in [1.29, 1.82) is 0 Å². The summed E-state index contributed by atoms with van der Waals surface area (Å²) in [5.74, 6) is -0.256. The second kappa shape index (κ2) is 6.84. The van der Waals surface area contributed by atoms with Crippen LogP contribution in [0, 0.1) is 11.8 Å². The molecule has 1 heterocycles. The van der Waals surface area contributed by atoms with Gasteiger partial charge < -0.3 is 15.5 Å². The van der Waals surface area contributed by atoms with Crippen LogP contribution in [0.2, 0.25) is 0 Å². The standard InChI is InChI=1S/C13H23N3O2S/c1-9(2)11(12(14)19)13(18)16-6-4-5-15(7-8-16)10(3)17/h9,11H,4-8H2,1-3H3,(H2,14,19). The fourth-order valence-electron chi connectivity index (χ4n) is 2.38. The molecule has 1 fully saturated rings. The minimum absolute atomic E-state index is 0.00657. The van der Waals surface area contributed by atoms with Crippen LogP contribution in [0.25, 0.3) is 0 Å². The van der Waals surface area contributed by atoms with Gasteiger partial charge in [0.2, 0.25) is 11.8 Å². The average Bonchev–Trinajstić information content (AvgIpc) is 2.52. The number of hydrogen-bond donors (Lipinski definition) is 1. The van der Waals surface area contributed by atoms with Gasteiger partial charge >= 0.3 is 0 Å². The predicted octanol–water partition coefficient (Wildman–Crippen LogP) is 0.626. The maximum Gasteiger partial charge on any atom is 0.232 e. The molecule has 2 N–H and O–H groups in total. The molecule has 6 heteroatoms. The van der Waals surface area contributed by atoms with E-state index in [0.717, 1.165) is 6.42 Å². The highest BCUT2D eigenvalue weighted by atomic mass is 32.1. The van der Waals surface area contributed by atoms with Crippen LogP contribution in [0.5, 0.6) is 0 Å². The van der Waals surface area contributed by atoms with Crippen LogP contribution >= 0.6 is 12.2 Å². The molecule has 0 aromatic heterocycles. The van der Waals surface area contributed by atoms with E-state index in [1.54, 1.807) is 16.7 Å². The lowest BCUT2D eigenvalue weighted by Crippen LogP contribution is -2.45. The third-order valence-corrected chi connectivity index (χ3v) is 3.75. The summed E-state index contributed by atoms with van der Waals surface area (Å²) in [5, 5.41) is 0. The van der Waals surface area contributed by atoms with Gasteiger partial charge in [-0.05, 0) is 12.3 Å². The number of amides is 2. The Labute approximate surface area is 120 Å². The first kappa shape index (κ1) is 15.9. The SMILES string of the molecule is CC(=O)N1CCCN(C(=O)C(C(N)=S)C(C)C)CC1. The Balaban J connectivity index is 2.72. The van der Waals surface area contributed by atoms with E-state index in [-0.39, 0.29) is 22.7 Å². The maximum atomic E-state index is 12.5. The van der Waals surface area contributed by atoms with Crippen molar-refractivity contribution < 1.29 is 9.59 Å². The first-order valence-corrected chi connectivity index (χ1v) is 7.09. The molecule has 19 heavy (non-hydrogen) atoms. The summed E-state index contributed by atoms with van der Waals surface area (Å²) >= 11 is 5.00. The Bertz CT molecular complexity index is 371. The molecule has 1 rings (SSSR count). The summed E-state index contributed by atoms with van der Waals surface area (Å²) in [7, 11) is 0. The molecule has 0 bridgehead atoms. The largest absolute Gasteiger partial charge is 0.393 e. The molecule has 1 atom stereocenters. The van der Waals surface area contributed by atoms with E-state index in [1.807, 2.05) is 13.8 Å². The lowest BCUT2D eigenvalue weighted by atomic mass is 9.94. The molecule has 0 spiro atoms. The normalized spacial score (nSPS) is 18.1. The van der Waals surface area contributed by atoms with Gasteiger partial charge in [-0.25, -0.2) is 0 Å². The molecule has 5 nitrogen and oxygen atoms in total. The van der Waals surface area contributed by atoms with Crippen molar-refractivity contribution in [1.82, 2.24) is 9.80 Å². The molecule has 1 aliphatic heterocycles. The molecule has 0 saturated carbocycles. The molecule has 108 valence electrons. The zero-order chi connectivity index (χ0) is 14.6. The molecule has 0 aromatic rings. The first-order valence-electron chi connectivity index (χ1n) is 6.68. The van der Waals surface area contributed by atoms with E-state index in [1.165, 1.54) is 0 Å². The number of carbonyl (C=O) groups excluding carboxylic acids is 2. The van der Waals surface area contributed by atoms with Crippen molar-refractivity contribution in [2.24, 2.45) is 17.6 Å². The zero-order valence-electron chi connectivity index (χ0n) is 11.9. The number of thiocarbonyl (C=S) groups is 1. The maximum absolute atomic E-state index is 12.5. The smallest absolute Gasteiger partial charge is 0.232 e. The third kappa shape index (κ3) is 4.16. The van der Waals surface area contributed by atoms with Gasteiger partial charge in [-0.3, -0.25) is 9.59 Å². The third-order valence-electron chi connectivity index (χ3n) is 3.49. The van der Waals surface area contributed by atoms with Crippen LogP contribution in [0.1, 0.15) is 27.2 Å². The molecule has 1 unspecified atom stereocenters. The molecule has 0 aliphatic carbocycles. The van der Waals surface area contributed by atoms with Crippen LogP contribution < -0.4 is 5.73 Å². The quantitative estimate of drug-likeness (QED) is 0.772. The molecular formula is C13H23N3O2S. The van der Waals surface area contributed by atoms with Gasteiger partial charge in [-0.2, -0.15) is 0 Å². The van der Waals surface area contributed by atoms with Gasteiger partial charge in [0.25, 0.3) is 0 Å². The molecule has 1 aliphatic rings. The van der Waals surface area contributed by atoms with E-state index in [4.69, 9.17) is 18.0 Å². The van der Waals surface area contributed by atoms with E-state index in [9.17, 15) is 9.59 Å². The van der Waals surface area contributed by atoms with E-state index >= 15 is 0 Å². The summed E-state index contributed by atoms with van der Waals surface area (Å²) in [4.78, 5) is 27.6. The van der Waals surface area contributed by atoms with E-state index in [0.29, 0.717) is 26.2 Å². The Morgan fingerprint density at radius 3 is 2.11 bits per heavy atom. The summed E-state index contributed by atoms with van der Waals surface area (Å²) in [6.45, 7) is 7.96. The molecule has 1 saturated heterocycles. The Morgan fingerprint density at radius 2 is 1.63 bits per heavy atom. The van der Waals surface area contributed by atoms with Crippen LogP contribution in [0.3, 0.4) is 0 Å². The fourth-order valence-corrected chi connectivity index (χ4v) is 2.76. The highest BCUT2D eigenvalue weighted by Gasteiger charge is 2.30. The molecule has 0 aromatic carbocycles. The minimum atomic E-state index is -0.404. The lowest BCUT2D eigenvalue weighted by Gasteiger charge is -2.27. The van der Waals surface area contributed by atoms with Gasteiger partial charge in [0.05, 0.1) is 10.9 Å². The van der Waals surface area contributed by atoms with Crippen molar-refractivity contribution in [3.05, 3.63) is 0 Å². The topological polar surface area (TPSA) is 66.6 Å². The van der Waals surface area contributed by atoms with Gasteiger partial charge in [0, 0.05) is 33.1 Å². The zero-order valence-corrected chi connectivity index (χ0v) is 12.7. The summed E-state index contributed by atoms with van der Waals surface area (Å²) in [6, 6.07) is 0. The summed E-state index contributed by atoms with van der Waals surface area (Å²) in [6.07, 6.45) is 0.799. The fraction of sp³-hybridized carbons (Fsp3) is 0.769. The lowest BCUT2D eigenvalue weighted by molar-refractivity contribution is -0.135. The van der Waals surface area contributed by atoms with Crippen LogP contribution in [-0.4, -0.2) is 52.8 Å². The summed E-state index contributed by atoms with van der Waals surface area (Å²) < 4.78 is 0. The van der Waals surface area contributed by atoms with Crippen LogP contribution in [-0.2, 0) is 9.59 Å². The molecule has 0 radical (unpaired) electrons. The van der Waals surface area contributed by atoms with Gasteiger partial charge in [-0.15, -0.1) is 0 Å². The predicted molar refractivity (Wildman–Crippen MR) is 78.6 cm³/mol. The van der Waals surface area contributed by atoms with E-state index < -0.39 is 5.92 Å². The molecular weight excluding hydrogens is 262 g/mol. The van der Waals surface area contributed by atoms with Crippen molar-refractivity contribution in [3.63, 3.8) is 0 Å². The number of nitrogens with two attached hydrogens (primary N) is 1. The second-order valence-corrected chi connectivity index (χ2v) is 5.78. The highest BCUT2D eigenvalue weighted by Crippen LogP contribution is 2.16. The average molecular weight is 285 g/mol. The Kier molecular flexibility index (Phi) is 5.72. The summed E-state index contributed by atoms with van der Waals surface area (Å²) in [5.41, 5.74) is 5.68. The van der Waals surface area contributed by atoms with E-state index in [2.05, 4.69) is 0 Å². The van der Waals surface area contributed by atoms with Gasteiger partial charge in [0.1, 0.15) is 0 Å². The number of carbonyl (C=O) groups is 2. The van der Waals surface area contributed by atoms with Crippen molar-refractivity contribution in [2.75, 3.05) is 26.2 Å². The minimum Gasteiger partial charge on any atom is -0.393 e. The van der Waals surface area contributed by atoms with Crippen LogP contribution in [0.4, 0.5) is 0 Å². The van der Waals surface area contributed by atoms with Gasteiger partial charge in [0.15, 0.2) is 0 Å². The Morgan fingerprint density at radius 1 is 1.11 bits per heavy atom. The van der Waals surface area contributed by atoms with Crippen molar-refractivity contribution >= 4 is 29.0 Å². The van der Waals surface area contributed by atoms with Gasteiger partial charge in [-0.1, -0.05) is 26.1 Å². The number of nitrogens with zero attached hydrogens (tertiary/aromatic N) is 2. The molecule has 2 amide bonds. The highest BCUT2D eigenvalue weighted by molar-refractivity contribution is 7.80. The van der Waals surface area contributed by atoms with Crippen LogP contribution in [0.15, 0.2) is 0 Å². The number of rotatable bonds is 3. The Hall–Kier alpha value is -1.17.